The van der Waals surface area contributed by atoms with E-state index in [2.05, 4.69) is 9.72 Å². The minimum Gasteiger partial charge on any atom is -0.499 e. The Morgan fingerprint density at radius 2 is 2.28 bits per heavy atom. The SMILES string of the molecule is Cn1c(-c2cccs2)nc(OC(=O)O)c(O)c1=O. The zero-order valence-corrected chi connectivity index (χ0v) is 9.97. The lowest BCUT2D eigenvalue weighted by atomic mass is 10.4. The lowest BCUT2D eigenvalue weighted by molar-refractivity contribution is 0.140. The minimum atomic E-state index is -1.65. The summed E-state index contributed by atoms with van der Waals surface area (Å²) in [5.74, 6) is -1.22. The quantitative estimate of drug-likeness (QED) is 0.795. The van der Waals surface area contributed by atoms with Gasteiger partial charge in [-0.15, -0.1) is 11.3 Å². The van der Waals surface area contributed by atoms with E-state index < -0.39 is 23.3 Å². The van der Waals surface area contributed by atoms with Gasteiger partial charge in [0.15, 0.2) is 5.82 Å². The van der Waals surface area contributed by atoms with Gasteiger partial charge in [-0.3, -0.25) is 9.36 Å². The highest BCUT2D eigenvalue weighted by Gasteiger charge is 2.18. The van der Waals surface area contributed by atoms with Crippen LogP contribution in [-0.2, 0) is 7.05 Å². The Morgan fingerprint density at radius 3 is 2.83 bits per heavy atom. The minimum absolute atomic E-state index is 0.226. The normalized spacial score (nSPS) is 10.3. The molecule has 94 valence electrons. The molecule has 0 unspecified atom stereocenters. The first-order valence-electron chi connectivity index (χ1n) is 4.75. The Bertz CT molecular complexity index is 647. The first-order chi connectivity index (χ1) is 8.50. The number of thiophene rings is 1. The molecule has 0 saturated carbocycles. The fraction of sp³-hybridized carbons (Fsp3) is 0.100. The molecule has 2 aromatic heterocycles. The molecule has 0 atom stereocenters. The Hall–Kier alpha value is -2.35. The van der Waals surface area contributed by atoms with Crippen molar-refractivity contribution >= 4 is 17.5 Å². The van der Waals surface area contributed by atoms with Gasteiger partial charge in [0, 0.05) is 7.05 Å². The number of rotatable bonds is 2. The highest BCUT2D eigenvalue weighted by Crippen LogP contribution is 2.26. The van der Waals surface area contributed by atoms with Gasteiger partial charge in [-0.05, 0) is 11.4 Å². The molecule has 2 rings (SSSR count). The number of aromatic nitrogens is 2. The second-order valence-electron chi connectivity index (χ2n) is 3.30. The third-order valence-electron chi connectivity index (χ3n) is 2.16. The van der Waals surface area contributed by atoms with Crippen LogP contribution in [-0.4, -0.2) is 25.9 Å². The van der Waals surface area contributed by atoms with Crippen molar-refractivity contribution in [1.29, 1.82) is 0 Å². The summed E-state index contributed by atoms with van der Waals surface area (Å²) in [5.41, 5.74) is -0.773. The van der Waals surface area contributed by atoms with Crippen LogP contribution < -0.4 is 10.3 Å². The zero-order chi connectivity index (χ0) is 13.3. The van der Waals surface area contributed by atoms with Crippen LogP contribution in [0.2, 0.25) is 0 Å². The summed E-state index contributed by atoms with van der Waals surface area (Å²) in [6, 6.07) is 3.48. The van der Waals surface area contributed by atoms with Crippen molar-refractivity contribution in [3.63, 3.8) is 0 Å². The molecule has 0 aliphatic heterocycles. The third kappa shape index (κ3) is 2.05. The molecule has 0 radical (unpaired) electrons. The van der Waals surface area contributed by atoms with Crippen LogP contribution in [0.1, 0.15) is 0 Å². The first-order valence-corrected chi connectivity index (χ1v) is 5.63. The maximum atomic E-state index is 11.7. The van der Waals surface area contributed by atoms with Crippen molar-refractivity contribution in [3.05, 3.63) is 27.9 Å². The van der Waals surface area contributed by atoms with E-state index in [1.54, 1.807) is 17.5 Å². The fourth-order valence-corrected chi connectivity index (χ4v) is 2.10. The summed E-state index contributed by atoms with van der Waals surface area (Å²) >= 11 is 1.33. The molecular weight excluding hydrogens is 260 g/mol. The van der Waals surface area contributed by atoms with Gasteiger partial charge < -0.3 is 14.9 Å². The van der Waals surface area contributed by atoms with E-state index in [0.717, 1.165) is 4.57 Å². The smallest absolute Gasteiger partial charge is 0.499 e. The summed E-state index contributed by atoms with van der Waals surface area (Å²) in [4.78, 5) is 26.6. The Morgan fingerprint density at radius 1 is 1.56 bits per heavy atom. The van der Waals surface area contributed by atoms with Crippen molar-refractivity contribution in [2.45, 2.75) is 0 Å². The monoisotopic (exact) mass is 268 g/mol. The van der Waals surface area contributed by atoms with E-state index in [4.69, 9.17) is 5.11 Å². The van der Waals surface area contributed by atoms with Crippen LogP contribution in [0.15, 0.2) is 22.3 Å². The molecule has 7 nitrogen and oxygen atoms in total. The second-order valence-corrected chi connectivity index (χ2v) is 4.25. The molecular formula is C10H8N2O5S. The van der Waals surface area contributed by atoms with Crippen LogP contribution in [0.3, 0.4) is 0 Å². The Kier molecular flexibility index (Phi) is 3.02. The van der Waals surface area contributed by atoms with Crippen LogP contribution in [0.5, 0.6) is 11.6 Å². The molecule has 2 N–H and O–H groups in total. The molecule has 8 heteroatoms. The van der Waals surface area contributed by atoms with E-state index in [1.165, 1.54) is 18.4 Å². The molecule has 0 saturated heterocycles. The van der Waals surface area contributed by atoms with Crippen molar-refractivity contribution in [2.24, 2.45) is 7.05 Å². The van der Waals surface area contributed by atoms with Gasteiger partial charge in [0.1, 0.15) is 0 Å². The summed E-state index contributed by atoms with van der Waals surface area (Å²) in [7, 11) is 1.43. The lowest BCUT2D eigenvalue weighted by Gasteiger charge is -2.08. The summed E-state index contributed by atoms with van der Waals surface area (Å²) in [6.07, 6.45) is -1.65. The van der Waals surface area contributed by atoms with Crippen LogP contribution in [0.4, 0.5) is 4.79 Å². The standard InChI is InChI=1S/C10H8N2O5S/c1-12-7(5-3-2-4-18-5)11-8(17-10(15)16)6(13)9(12)14/h2-4,13H,1H3,(H,15,16). The second kappa shape index (κ2) is 4.49. The largest absolute Gasteiger partial charge is 0.512 e. The predicted octanol–water partition coefficient (Wildman–Crippen LogP) is 1.27. The lowest BCUT2D eigenvalue weighted by Crippen LogP contribution is -2.21. The number of hydrogen-bond acceptors (Lipinski definition) is 6. The van der Waals surface area contributed by atoms with Crippen molar-refractivity contribution in [2.75, 3.05) is 0 Å². The molecule has 0 spiro atoms. The molecule has 2 heterocycles. The summed E-state index contributed by atoms with van der Waals surface area (Å²) in [6.45, 7) is 0. The van der Waals surface area contributed by atoms with E-state index in [-0.39, 0.29) is 5.82 Å². The maximum Gasteiger partial charge on any atom is 0.512 e. The fourth-order valence-electron chi connectivity index (χ4n) is 1.35. The van der Waals surface area contributed by atoms with Crippen molar-refractivity contribution in [1.82, 2.24) is 9.55 Å². The van der Waals surface area contributed by atoms with Gasteiger partial charge >= 0.3 is 6.16 Å². The summed E-state index contributed by atoms with van der Waals surface area (Å²) in [5, 5.41) is 19.7. The van der Waals surface area contributed by atoms with Crippen LogP contribution >= 0.6 is 11.3 Å². The van der Waals surface area contributed by atoms with Gasteiger partial charge in [0.05, 0.1) is 4.88 Å². The molecule has 18 heavy (non-hydrogen) atoms. The number of ether oxygens (including phenoxy) is 1. The molecule has 0 aromatic carbocycles. The molecule has 0 aliphatic carbocycles. The molecule has 0 bridgehead atoms. The highest BCUT2D eigenvalue weighted by atomic mass is 32.1. The number of nitrogens with zero attached hydrogens (tertiary/aromatic N) is 2. The van der Waals surface area contributed by atoms with Gasteiger partial charge in [0.2, 0.25) is 5.75 Å². The van der Waals surface area contributed by atoms with E-state index in [9.17, 15) is 14.7 Å². The first kappa shape index (κ1) is 12.1. The predicted molar refractivity (Wildman–Crippen MR) is 63.1 cm³/mol. The maximum absolute atomic E-state index is 11.7. The average Bonchev–Trinajstić information content (AvgIpc) is 2.83. The number of carboxylic acid groups (broad SMARTS) is 1. The Labute approximate surface area is 105 Å². The van der Waals surface area contributed by atoms with E-state index >= 15 is 0 Å². The zero-order valence-electron chi connectivity index (χ0n) is 9.15. The van der Waals surface area contributed by atoms with Crippen LogP contribution in [0, 0.1) is 0 Å². The van der Waals surface area contributed by atoms with E-state index in [1.807, 2.05) is 0 Å². The number of aromatic hydroxyl groups is 1. The average molecular weight is 268 g/mol. The molecule has 0 aliphatic rings. The molecule has 0 amide bonds. The van der Waals surface area contributed by atoms with Gasteiger partial charge in [-0.2, -0.15) is 4.98 Å². The van der Waals surface area contributed by atoms with E-state index in [0.29, 0.717) is 4.88 Å². The number of carbonyl (C=O) groups is 1. The summed E-state index contributed by atoms with van der Waals surface area (Å²) < 4.78 is 5.39. The van der Waals surface area contributed by atoms with Crippen molar-refractivity contribution < 1.29 is 19.7 Å². The van der Waals surface area contributed by atoms with Gasteiger partial charge in [0.25, 0.3) is 11.4 Å². The topological polar surface area (TPSA) is 102 Å². The van der Waals surface area contributed by atoms with Crippen molar-refractivity contribution in [3.8, 4) is 22.3 Å². The molecule has 0 fully saturated rings. The number of hydrogen-bond donors (Lipinski definition) is 2. The van der Waals surface area contributed by atoms with Gasteiger partial charge in [-0.25, -0.2) is 4.79 Å². The Balaban J connectivity index is 2.65. The highest BCUT2D eigenvalue weighted by molar-refractivity contribution is 7.13. The van der Waals surface area contributed by atoms with Gasteiger partial charge in [-0.1, -0.05) is 6.07 Å². The molecule has 2 aromatic rings. The van der Waals surface area contributed by atoms with Crippen LogP contribution in [0.25, 0.3) is 10.7 Å². The third-order valence-corrected chi connectivity index (χ3v) is 3.03.